The van der Waals surface area contributed by atoms with Gasteiger partial charge in [0.15, 0.2) is 0 Å². The highest BCUT2D eigenvalue weighted by atomic mass is 16.3. The average molecular weight is 409 g/mol. The summed E-state index contributed by atoms with van der Waals surface area (Å²) in [7, 11) is 1.79. The number of carbonyl (C=O) groups is 2. The minimum absolute atomic E-state index is 0.0580. The summed E-state index contributed by atoms with van der Waals surface area (Å²) in [6.45, 7) is 5.43. The second kappa shape index (κ2) is 8.75. The van der Waals surface area contributed by atoms with Gasteiger partial charge in [0.25, 0.3) is 0 Å². The molecule has 7 nitrogen and oxygen atoms in total. The molecule has 1 fully saturated rings. The maximum atomic E-state index is 12.8. The van der Waals surface area contributed by atoms with Gasteiger partial charge in [0, 0.05) is 50.3 Å². The number of furan rings is 1. The van der Waals surface area contributed by atoms with Gasteiger partial charge >= 0.3 is 0 Å². The van der Waals surface area contributed by atoms with E-state index in [0.717, 1.165) is 28.0 Å². The molecule has 2 aromatic heterocycles. The number of hydrogen-bond donors (Lipinski definition) is 1. The Morgan fingerprint density at radius 2 is 1.87 bits per heavy atom. The summed E-state index contributed by atoms with van der Waals surface area (Å²) in [5, 5.41) is 1.10. The van der Waals surface area contributed by atoms with Gasteiger partial charge in [-0.25, -0.2) is 0 Å². The van der Waals surface area contributed by atoms with Gasteiger partial charge in [0.05, 0.1) is 19.5 Å². The third-order valence-electron chi connectivity index (χ3n) is 5.72. The van der Waals surface area contributed by atoms with Gasteiger partial charge in [-0.1, -0.05) is 18.2 Å². The predicted octanol–water partition coefficient (Wildman–Crippen LogP) is 2.41. The number of para-hydroxylation sites is 1. The van der Waals surface area contributed by atoms with Gasteiger partial charge < -0.3 is 19.2 Å². The third kappa shape index (κ3) is 4.57. The standard InChI is InChI=1S/C23H28N4O3/c1-17-7-8-19(30-17)15-25(2)23(29)16-26-9-11-27(12-10-26)22(28)13-18-14-24-21-6-4-3-5-20(18)21/h3-8,14,24H,9-13,15-16H2,1-2H3. The number of rotatable bonds is 6. The fraction of sp³-hybridized carbons (Fsp3) is 0.391. The summed E-state index contributed by atoms with van der Waals surface area (Å²) in [6.07, 6.45) is 2.32. The van der Waals surface area contributed by atoms with Crippen LogP contribution >= 0.6 is 0 Å². The zero-order valence-electron chi connectivity index (χ0n) is 17.6. The normalized spacial score (nSPS) is 14.9. The lowest BCUT2D eigenvalue weighted by atomic mass is 10.1. The largest absolute Gasteiger partial charge is 0.464 e. The molecule has 0 unspecified atom stereocenters. The molecule has 4 rings (SSSR count). The third-order valence-corrected chi connectivity index (χ3v) is 5.72. The summed E-state index contributed by atoms with van der Waals surface area (Å²) < 4.78 is 5.55. The van der Waals surface area contributed by atoms with Gasteiger partial charge in [-0.3, -0.25) is 14.5 Å². The van der Waals surface area contributed by atoms with Crippen molar-refractivity contribution in [2.75, 3.05) is 39.8 Å². The molecule has 7 heteroatoms. The topological polar surface area (TPSA) is 72.8 Å². The van der Waals surface area contributed by atoms with Crippen molar-refractivity contribution in [2.45, 2.75) is 19.9 Å². The van der Waals surface area contributed by atoms with Gasteiger partial charge in [-0.05, 0) is 30.7 Å². The zero-order chi connectivity index (χ0) is 21.1. The number of aromatic nitrogens is 1. The molecule has 2 amide bonds. The van der Waals surface area contributed by atoms with Crippen molar-refractivity contribution in [3.8, 4) is 0 Å². The van der Waals surface area contributed by atoms with Crippen LogP contribution in [0.15, 0.2) is 47.0 Å². The van der Waals surface area contributed by atoms with E-state index in [1.807, 2.05) is 54.4 Å². The number of H-pyrrole nitrogens is 1. The molecule has 0 atom stereocenters. The lowest BCUT2D eigenvalue weighted by Crippen LogP contribution is -2.51. The first-order valence-electron chi connectivity index (χ1n) is 10.3. The van der Waals surface area contributed by atoms with E-state index < -0.39 is 0 Å². The number of aromatic amines is 1. The zero-order valence-corrected chi connectivity index (χ0v) is 17.6. The summed E-state index contributed by atoms with van der Waals surface area (Å²) in [4.78, 5) is 34.2. The van der Waals surface area contributed by atoms with Crippen LogP contribution < -0.4 is 0 Å². The number of fused-ring (bicyclic) bond motifs is 1. The second-order valence-corrected chi connectivity index (χ2v) is 7.96. The number of hydrogen-bond acceptors (Lipinski definition) is 4. The van der Waals surface area contributed by atoms with E-state index in [0.29, 0.717) is 45.7 Å². The average Bonchev–Trinajstić information content (AvgIpc) is 3.34. The molecular formula is C23H28N4O3. The summed E-state index contributed by atoms with van der Waals surface area (Å²) >= 11 is 0. The molecule has 0 spiro atoms. The number of aryl methyl sites for hydroxylation is 1. The molecule has 0 radical (unpaired) electrons. The Balaban J connectivity index is 1.25. The van der Waals surface area contributed by atoms with E-state index in [-0.39, 0.29) is 11.8 Å². The molecule has 3 heterocycles. The predicted molar refractivity (Wildman–Crippen MR) is 115 cm³/mol. The summed E-state index contributed by atoms with van der Waals surface area (Å²) in [6, 6.07) is 11.8. The molecular weight excluding hydrogens is 380 g/mol. The van der Waals surface area contributed by atoms with Crippen molar-refractivity contribution in [3.05, 3.63) is 59.7 Å². The maximum absolute atomic E-state index is 12.8. The first kappa shape index (κ1) is 20.2. The van der Waals surface area contributed by atoms with Crippen molar-refractivity contribution in [1.29, 1.82) is 0 Å². The van der Waals surface area contributed by atoms with Gasteiger partial charge in [-0.2, -0.15) is 0 Å². The number of nitrogens with one attached hydrogen (secondary N) is 1. The van der Waals surface area contributed by atoms with Gasteiger partial charge in [0.1, 0.15) is 11.5 Å². The van der Waals surface area contributed by atoms with Crippen molar-refractivity contribution < 1.29 is 14.0 Å². The molecule has 158 valence electrons. The van der Waals surface area contributed by atoms with Crippen LogP contribution in [0.5, 0.6) is 0 Å². The van der Waals surface area contributed by atoms with Crippen molar-refractivity contribution >= 4 is 22.7 Å². The van der Waals surface area contributed by atoms with Crippen LogP contribution in [-0.2, 0) is 22.6 Å². The second-order valence-electron chi connectivity index (χ2n) is 7.96. The highest BCUT2D eigenvalue weighted by molar-refractivity contribution is 5.89. The van der Waals surface area contributed by atoms with Crippen molar-refractivity contribution in [1.82, 2.24) is 19.7 Å². The van der Waals surface area contributed by atoms with E-state index in [1.165, 1.54) is 0 Å². The number of carbonyl (C=O) groups excluding carboxylic acids is 2. The van der Waals surface area contributed by atoms with Gasteiger partial charge in [-0.15, -0.1) is 0 Å². The molecule has 1 aliphatic heterocycles. The number of piperazine rings is 1. The highest BCUT2D eigenvalue weighted by Crippen LogP contribution is 2.19. The molecule has 0 aliphatic carbocycles. The SMILES string of the molecule is Cc1ccc(CN(C)C(=O)CN2CCN(C(=O)Cc3c[nH]c4ccccc34)CC2)o1. The maximum Gasteiger partial charge on any atom is 0.236 e. The van der Waals surface area contributed by atoms with E-state index in [4.69, 9.17) is 4.42 Å². The number of amides is 2. The summed E-state index contributed by atoms with van der Waals surface area (Å²) in [5.74, 6) is 1.83. The Kier molecular flexibility index (Phi) is 5.90. The number of nitrogens with zero attached hydrogens (tertiary/aromatic N) is 3. The van der Waals surface area contributed by atoms with Gasteiger partial charge in [0.2, 0.25) is 11.8 Å². The number of benzene rings is 1. The summed E-state index contributed by atoms with van der Waals surface area (Å²) in [5.41, 5.74) is 2.08. The molecule has 0 saturated carbocycles. The molecule has 1 saturated heterocycles. The lowest BCUT2D eigenvalue weighted by molar-refractivity contribution is -0.134. The Morgan fingerprint density at radius 1 is 1.10 bits per heavy atom. The Labute approximate surface area is 176 Å². The minimum atomic E-state index is 0.0580. The smallest absolute Gasteiger partial charge is 0.236 e. The first-order valence-corrected chi connectivity index (χ1v) is 10.3. The van der Waals surface area contributed by atoms with Crippen LogP contribution in [0.4, 0.5) is 0 Å². The Morgan fingerprint density at radius 3 is 2.60 bits per heavy atom. The highest BCUT2D eigenvalue weighted by Gasteiger charge is 2.24. The molecule has 3 aromatic rings. The van der Waals surface area contributed by atoms with E-state index >= 15 is 0 Å². The first-order chi connectivity index (χ1) is 14.5. The monoisotopic (exact) mass is 408 g/mol. The number of likely N-dealkylation sites (N-methyl/N-ethyl adjacent to an activating group) is 1. The van der Waals surface area contributed by atoms with Crippen molar-refractivity contribution in [2.24, 2.45) is 0 Å². The minimum Gasteiger partial charge on any atom is -0.464 e. The van der Waals surface area contributed by atoms with E-state index in [9.17, 15) is 9.59 Å². The van der Waals surface area contributed by atoms with Crippen LogP contribution in [-0.4, -0.2) is 71.3 Å². The van der Waals surface area contributed by atoms with Crippen LogP contribution in [0.25, 0.3) is 10.9 Å². The van der Waals surface area contributed by atoms with Crippen LogP contribution in [0.1, 0.15) is 17.1 Å². The van der Waals surface area contributed by atoms with E-state index in [1.54, 1.807) is 11.9 Å². The van der Waals surface area contributed by atoms with Crippen LogP contribution in [0.2, 0.25) is 0 Å². The fourth-order valence-electron chi connectivity index (χ4n) is 3.91. The van der Waals surface area contributed by atoms with Crippen LogP contribution in [0.3, 0.4) is 0 Å². The molecule has 1 aromatic carbocycles. The lowest BCUT2D eigenvalue weighted by Gasteiger charge is -2.35. The molecule has 30 heavy (non-hydrogen) atoms. The van der Waals surface area contributed by atoms with Crippen molar-refractivity contribution in [3.63, 3.8) is 0 Å². The Bertz CT molecular complexity index is 1030. The quantitative estimate of drug-likeness (QED) is 0.680. The molecule has 0 bridgehead atoms. The molecule has 1 aliphatic rings. The molecule has 1 N–H and O–H groups in total. The van der Waals surface area contributed by atoms with E-state index in [2.05, 4.69) is 9.88 Å². The fourth-order valence-corrected chi connectivity index (χ4v) is 3.91. The Hall–Kier alpha value is -3.06. The van der Waals surface area contributed by atoms with Crippen LogP contribution in [0, 0.1) is 6.92 Å².